The summed E-state index contributed by atoms with van der Waals surface area (Å²) in [6.07, 6.45) is 2.07. The minimum absolute atomic E-state index is 0.0337. The molecule has 1 heterocycles. The maximum absolute atomic E-state index is 11.8. The topological polar surface area (TPSA) is 44.0 Å². The molecule has 0 aliphatic heterocycles. The summed E-state index contributed by atoms with van der Waals surface area (Å²) in [5.41, 5.74) is 2.85. The summed E-state index contributed by atoms with van der Waals surface area (Å²) in [6.45, 7) is 0. The highest BCUT2D eigenvalue weighted by Crippen LogP contribution is 2.17. The number of hydrogen-bond acceptors (Lipinski definition) is 2. The second kappa shape index (κ2) is 3.96. The van der Waals surface area contributed by atoms with Crippen LogP contribution < -0.4 is 5.69 Å². The number of para-hydroxylation sites is 1. The Morgan fingerprint density at radius 1 is 1.25 bits per heavy atom. The summed E-state index contributed by atoms with van der Waals surface area (Å²) in [7, 11) is 3.52. The van der Waals surface area contributed by atoms with Gasteiger partial charge < -0.3 is 4.79 Å². The summed E-state index contributed by atoms with van der Waals surface area (Å²) < 4.78 is 3.26. The van der Waals surface area contributed by atoms with Gasteiger partial charge in [-0.1, -0.05) is 12.1 Å². The molecule has 0 aliphatic rings. The number of fused-ring (bicyclic) bond motifs is 1. The Morgan fingerprint density at radius 3 is 2.69 bits per heavy atom. The number of hydrogen-bond donors (Lipinski definition) is 0. The average Bonchev–Trinajstić information content (AvgIpc) is 2.53. The van der Waals surface area contributed by atoms with Crippen LogP contribution in [0, 0.1) is 0 Å². The Bertz CT molecular complexity index is 593. The molecule has 0 bridgehead atoms. The SMILES string of the molecule is Cn1c(=O)n(C)c2c(CCC=O)cccc21. The monoisotopic (exact) mass is 218 g/mol. The Labute approximate surface area is 93.1 Å². The number of benzene rings is 1. The molecular weight excluding hydrogens is 204 g/mol. The Balaban J connectivity index is 2.71. The van der Waals surface area contributed by atoms with Gasteiger partial charge in [-0.2, -0.15) is 0 Å². The van der Waals surface area contributed by atoms with Crippen molar-refractivity contribution < 1.29 is 4.79 Å². The van der Waals surface area contributed by atoms with E-state index in [1.54, 1.807) is 23.2 Å². The highest BCUT2D eigenvalue weighted by Gasteiger charge is 2.10. The van der Waals surface area contributed by atoms with Gasteiger partial charge in [0.1, 0.15) is 6.29 Å². The van der Waals surface area contributed by atoms with Gasteiger partial charge in [-0.3, -0.25) is 9.13 Å². The second-order valence-electron chi connectivity index (χ2n) is 3.89. The lowest BCUT2D eigenvalue weighted by Crippen LogP contribution is -2.19. The molecule has 0 atom stereocenters. The summed E-state index contributed by atoms with van der Waals surface area (Å²) in [5.74, 6) is 0. The fourth-order valence-electron chi connectivity index (χ4n) is 2.08. The summed E-state index contributed by atoms with van der Waals surface area (Å²) in [5, 5.41) is 0. The van der Waals surface area contributed by atoms with Crippen LogP contribution in [0.15, 0.2) is 23.0 Å². The number of rotatable bonds is 3. The van der Waals surface area contributed by atoms with Gasteiger partial charge in [0.2, 0.25) is 0 Å². The first-order valence-corrected chi connectivity index (χ1v) is 5.23. The quantitative estimate of drug-likeness (QED) is 0.722. The molecule has 4 nitrogen and oxygen atoms in total. The summed E-state index contributed by atoms with van der Waals surface area (Å²) in [6, 6.07) is 5.80. The number of carbonyl (C=O) groups is 1. The zero-order valence-corrected chi connectivity index (χ0v) is 9.43. The molecule has 4 heteroatoms. The maximum Gasteiger partial charge on any atom is 0.328 e. The Kier molecular flexibility index (Phi) is 2.64. The van der Waals surface area contributed by atoms with Crippen LogP contribution in [0.2, 0.25) is 0 Å². The van der Waals surface area contributed by atoms with E-state index in [9.17, 15) is 9.59 Å². The molecule has 84 valence electrons. The third-order valence-electron chi connectivity index (χ3n) is 2.90. The van der Waals surface area contributed by atoms with Crippen LogP contribution in [0.3, 0.4) is 0 Å². The average molecular weight is 218 g/mol. The number of aromatic nitrogens is 2. The van der Waals surface area contributed by atoms with Crippen molar-refractivity contribution >= 4 is 17.3 Å². The number of carbonyl (C=O) groups excluding carboxylic acids is 1. The molecule has 0 radical (unpaired) electrons. The van der Waals surface area contributed by atoms with Gasteiger partial charge in [-0.05, 0) is 18.1 Å². The van der Waals surface area contributed by atoms with E-state index >= 15 is 0 Å². The number of nitrogens with zero attached hydrogens (tertiary/aromatic N) is 2. The molecule has 0 amide bonds. The van der Waals surface area contributed by atoms with Gasteiger partial charge in [-0.25, -0.2) is 4.79 Å². The van der Waals surface area contributed by atoms with Gasteiger partial charge >= 0.3 is 5.69 Å². The first kappa shape index (κ1) is 10.7. The second-order valence-corrected chi connectivity index (χ2v) is 3.89. The first-order valence-electron chi connectivity index (χ1n) is 5.23. The van der Waals surface area contributed by atoms with Crippen LogP contribution in [-0.2, 0) is 25.3 Å². The van der Waals surface area contributed by atoms with Gasteiger partial charge in [-0.15, -0.1) is 0 Å². The third-order valence-corrected chi connectivity index (χ3v) is 2.90. The molecule has 16 heavy (non-hydrogen) atoms. The lowest BCUT2D eigenvalue weighted by Gasteiger charge is -2.02. The molecule has 0 saturated heterocycles. The first-order chi connectivity index (χ1) is 7.66. The summed E-state index contributed by atoms with van der Waals surface area (Å²) >= 11 is 0. The van der Waals surface area contributed by atoms with E-state index in [1.165, 1.54) is 0 Å². The molecule has 0 spiro atoms. The predicted molar refractivity (Wildman–Crippen MR) is 62.5 cm³/mol. The van der Waals surface area contributed by atoms with Crippen LogP contribution in [0.5, 0.6) is 0 Å². The van der Waals surface area contributed by atoms with E-state index in [4.69, 9.17) is 0 Å². The van der Waals surface area contributed by atoms with Crippen molar-refractivity contribution in [3.63, 3.8) is 0 Å². The summed E-state index contributed by atoms with van der Waals surface area (Å²) in [4.78, 5) is 22.2. The van der Waals surface area contributed by atoms with Gasteiger partial charge in [0.25, 0.3) is 0 Å². The van der Waals surface area contributed by atoms with Gasteiger partial charge in [0, 0.05) is 20.5 Å². The fraction of sp³-hybridized carbons (Fsp3) is 0.333. The van der Waals surface area contributed by atoms with E-state index in [1.807, 2.05) is 18.2 Å². The maximum atomic E-state index is 11.8. The largest absolute Gasteiger partial charge is 0.328 e. The number of aldehydes is 1. The van der Waals surface area contributed by atoms with Crippen LogP contribution in [0.25, 0.3) is 11.0 Å². The molecule has 0 saturated carbocycles. The zero-order valence-electron chi connectivity index (χ0n) is 9.43. The van der Waals surface area contributed by atoms with Crippen LogP contribution >= 0.6 is 0 Å². The number of imidazole rings is 1. The highest BCUT2D eigenvalue weighted by atomic mass is 16.1. The normalized spacial score (nSPS) is 10.9. The minimum atomic E-state index is -0.0337. The lowest BCUT2D eigenvalue weighted by atomic mass is 10.1. The van der Waals surface area contributed by atoms with Crippen molar-refractivity contribution in [2.24, 2.45) is 14.1 Å². The minimum Gasteiger partial charge on any atom is -0.303 e. The highest BCUT2D eigenvalue weighted by molar-refractivity contribution is 5.80. The Morgan fingerprint density at radius 2 is 2.00 bits per heavy atom. The van der Waals surface area contributed by atoms with E-state index in [-0.39, 0.29) is 5.69 Å². The van der Waals surface area contributed by atoms with Crippen molar-refractivity contribution in [2.45, 2.75) is 12.8 Å². The molecule has 2 rings (SSSR count). The van der Waals surface area contributed by atoms with Crippen molar-refractivity contribution in [1.29, 1.82) is 0 Å². The van der Waals surface area contributed by atoms with E-state index in [2.05, 4.69) is 0 Å². The Hall–Kier alpha value is -1.84. The predicted octanol–water partition coefficient (Wildman–Crippen LogP) is 1.01. The zero-order chi connectivity index (χ0) is 11.7. The standard InChI is InChI=1S/C12H14N2O2/c1-13-10-7-3-5-9(6-4-8-15)11(10)14(2)12(13)16/h3,5,7-8H,4,6H2,1-2H3. The van der Waals surface area contributed by atoms with E-state index in [0.717, 1.165) is 22.9 Å². The van der Waals surface area contributed by atoms with Crippen molar-refractivity contribution in [3.8, 4) is 0 Å². The molecule has 0 unspecified atom stereocenters. The lowest BCUT2D eigenvalue weighted by molar-refractivity contribution is -0.107. The van der Waals surface area contributed by atoms with Crippen molar-refractivity contribution in [1.82, 2.24) is 9.13 Å². The van der Waals surface area contributed by atoms with Crippen LogP contribution in [0.4, 0.5) is 0 Å². The smallest absolute Gasteiger partial charge is 0.303 e. The number of aryl methyl sites for hydroxylation is 3. The van der Waals surface area contributed by atoms with Crippen LogP contribution in [0.1, 0.15) is 12.0 Å². The van der Waals surface area contributed by atoms with Crippen molar-refractivity contribution in [2.75, 3.05) is 0 Å². The fourth-order valence-corrected chi connectivity index (χ4v) is 2.08. The van der Waals surface area contributed by atoms with E-state index in [0.29, 0.717) is 12.8 Å². The molecular formula is C12H14N2O2. The molecule has 1 aromatic heterocycles. The van der Waals surface area contributed by atoms with Crippen molar-refractivity contribution in [3.05, 3.63) is 34.2 Å². The molecule has 0 aliphatic carbocycles. The van der Waals surface area contributed by atoms with Crippen LogP contribution in [-0.4, -0.2) is 15.4 Å². The van der Waals surface area contributed by atoms with Gasteiger partial charge in [0.15, 0.2) is 0 Å². The third kappa shape index (κ3) is 1.46. The van der Waals surface area contributed by atoms with Gasteiger partial charge in [0.05, 0.1) is 11.0 Å². The van der Waals surface area contributed by atoms with E-state index < -0.39 is 0 Å². The molecule has 1 aromatic carbocycles. The molecule has 0 N–H and O–H groups in total. The molecule has 0 fully saturated rings. The molecule has 2 aromatic rings.